The van der Waals surface area contributed by atoms with Crippen LogP contribution in [-0.2, 0) is 11.2 Å². The third-order valence-electron chi connectivity index (χ3n) is 1.82. The maximum atomic E-state index is 13.1. The van der Waals surface area contributed by atoms with E-state index in [1.54, 1.807) is 6.92 Å². The number of nitrogens with zero attached hydrogens (tertiary/aromatic N) is 1. The van der Waals surface area contributed by atoms with Crippen molar-refractivity contribution >= 4 is 6.29 Å². The van der Waals surface area contributed by atoms with E-state index < -0.39 is 5.82 Å². The van der Waals surface area contributed by atoms with Crippen LogP contribution in [0.15, 0.2) is 12.1 Å². The molecule has 0 saturated heterocycles. The molecule has 0 bridgehead atoms. The Morgan fingerprint density at radius 3 is 2.85 bits per heavy atom. The summed E-state index contributed by atoms with van der Waals surface area (Å²) >= 11 is 0. The summed E-state index contributed by atoms with van der Waals surface area (Å²) in [5.74, 6) is -0.491. The zero-order valence-electron chi connectivity index (χ0n) is 7.17. The van der Waals surface area contributed by atoms with Gasteiger partial charge in [0.2, 0.25) is 0 Å². The fourth-order valence-corrected chi connectivity index (χ4v) is 1.11. The number of hydrogen-bond donors (Lipinski definition) is 0. The highest BCUT2D eigenvalue weighted by atomic mass is 19.1. The minimum Gasteiger partial charge on any atom is -0.303 e. The lowest BCUT2D eigenvalue weighted by Crippen LogP contribution is -1.95. The maximum Gasteiger partial charge on any atom is 0.128 e. The molecule has 0 heterocycles. The Bertz CT molecular complexity index is 379. The van der Waals surface area contributed by atoms with E-state index >= 15 is 0 Å². The molecule has 66 valence electrons. The second kappa shape index (κ2) is 3.81. The van der Waals surface area contributed by atoms with E-state index in [9.17, 15) is 9.18 Å². The summed E-state index contributed by atoms with van der Waals surface area (Å²) in [4.78, 5) is 10.2. The Balaban J connectivity index is 3.21. The predicted molar refractivity (Wildman–Crippen MR) is 45.6 cm³/mol. The molecule has 0 aliphatic heterocycles. The molecule has 1 rings (SSSR count). The van der Waals surface area contributed by atoms with Crippen molar-refractivity contribution in [3.05, 3.63) is 34.6 Å². The molecule has 1 aromatic rings. The average Bonchev–Trinajstić information content (AvgIpc) is 2.11. The SMILES string of the molecule is Cc1cc(CC=O)c(F)cc1C#N. The smallest absolute Gasteiger partial charge is 0.128 e. The number of benzene rings is 1. The topological polar surface area (TPSA) is 40.9 Å². The third kappa shape index (κ3) is 1.91. The summed E-state index contributed by atoms with van der Waals surface area (Å²) in [6.07, 6.45) is 0.697. The number of aldehydes is 1. The molecule has 3 heteroatoms. The van der Waals surface area contributed by atoms with Gasteiger partial charge in [-0.2, -0.15) is 5.26 Å². The minimum atomic E-state index is -0.491. The van der Waals surface area contributed by atoms with Gasteiger partial charge in [-0.3, -0.25) is 0 Å². The Kier molecular flexibility index (Phi) is 2.76. The van der Waals surface area contributed by atoms with E-state index in [0.717, 1.165) is 6.07 Å². The highest BCUT2D eigenvalue weighted by molar-refractivity contribution is 5.56. The predicted octanol–water partition coefficient (Wildman–Crippen LogP) is 1.75. The van der Waals surface area contributed by atoms with Crippen LogP contribution in [0.2, 0.25) is 0 Å². The molecule has 0 fully saturated rings. The first-order chi connectivity index (χ1) is 6.19. The minimum absolute atomic E-state index is 0.0540. The first-order valence-electron chi connectivity index (χ1n) is 3.81. The lowest BCUT2D eigenvalue weighted by atomic mass is 10.0. The quantitative estimate of drug-likeness (QED) is 0.645. The molecule has 13 heavy (non-hydrogen) atoms. The summed E-state index contributed by atoms with van der Waals surface area (Å²) in [6, 6.07) is 4.57. The Morgan fingerprint density at radius 2 is 2.31 bits per heavy atom. The summed E-state index contributed by atoms with van der Waals surface area (Å²) in [6.45, 7) is 1.71. The van der Waals surface area contributed by atoms with Gasteiger partial charge in [-0.25, -0.2) is 4.39 Å². The second-order valence-corrected chi connectivity index (χ2v) is 2.74. The second-order valence-electron chi connectivity index (χ2n) is 2.74. The van der Waals surface area contributed by atoms with Crippen molar-refractivity contribution in [1.29, 1.82) is 5.26 Å². The van der Waals surface area contributed by atoms with Crippen LogP contribution in [0.1, 0.15) is 16.7 Å². The summed E-state index contributed by atoms with van der Waals surface area (Å²) in [5, 5.41) is 8.58. The van der Waals surface area contributed by atoms with Crippen molar-refractivity contribution in [2.75, 3.05) is 0 Å². The Labute approximate surface area is 75.6 Å². The van der Waals surface area contributed by atoms with Gasteiger partial charge < -0.3 is 4.79 Å². The molecule has 0 aromatic heterocycles. The summed E-state index contributed by atoms with van der Waals surface area (Å²) < 4.78 is 13.1. The van der Waals surface area contributed by atoms with Crippen molar-refractivity contribution in [2.45, 2.75) is 13.3 Å². The highest BCUT2D eigenvalue weighted by Crippen LogP contribution is 2.14. The molecule has 0 amide bonds. The lowest BCUT2D eigenvalue weighted by Gasteiger charge is -2.02. The van der Waals surface area contributed by atoms with Crippen molar-refractivity contribution in [3.8, 4) is 6.07 Å². The lowest BCUT2D eigenvalue weighted by molar-refractivity contribution is -0.107. The van der Waals surface area contributed by atoms with Crippen molar-refractivity contribution in [3.63, 3.8) is 0 Å². The monoisotopic (exact) mass is 177 g/mol. The van der Waals surface area contributed by atoms with E-state index in [4.69, 9.17) is 5.26 Å². The van der Waals surface area contributed by atoms with Crippen LogP contribution in [0.3, 0.4) is 0 Å². The number of carbonyl (C=O) groups is 1. The summed E-state index contributed by atoms with van der Waals surface area (Å²) in [7, 11) is 0. The zero-order valence-corrected chi connectivity index (χ0v) is 7.17. The van der Waals surface area contributed by atoms with Crippen molar-refractivity contribution in [1.82, 2.24) is 0 Å². The fraction of sp³-hybridized carbons (Fsp3) is 0.200. The molecule has 2 nitrogen and oxygen atoms in total. The van der Waals surface area contributed by atoms with Crippen LogP contribution in [0.25, 0.3) is 0 Å². The number of hydrogen-bond acceptors (Lipinski definition) is 2. The molecular weight excluding hydrogens is 169 g/mol. The molecule has 0 spiro atoms. The van der Waals surface area contributed by atoms with Gasteiger partial charge in [0.25, 0.3) is 0 Å². The van der Waals surface area contributed by atoms with Crippen LogP contribution in [-0.4, -0.2) is 6.29 Å². The maximum absolute atomic E-state index is 13.1. The number of carbonyl (C=O) groups excluding carboxylic acids is 1. The van der Waals surface area contributed by atoms with Gasteiger partial charge in [0.1, 0.15) is 12.1 Å². The first-order valence-corrected chi connectivity index (χ1v) is 3.81. The molecule has 0 N–H and O–H groups in total. The largest absolute Gasteiger partial charge is 0.303 e. The molecule has 0 atom stereocenters. The molecule has 0 radical (unpaired) electrons. The Hall–Kier alpha value is -1.69. The van der Waals surface area contributed by atoms with Gasteiger partial charge in [-0.1, -0.05) is 6.07 Å². The van der Waals surface area contributed by atoms with Crippen LogP contribution < -0.4 is 0 Å². The first kappa shape index (κ1) is 9.40. The molecule has 0 unspecified atom stereocenters. The normalized spacial score (nSPS) is 9.31. The Morgan fingerprint density at radius 1 is 1.62 bits per heavy atom. The van der Waals surface area contributed by atoms with Crippen molar-refractivity contribution < 1.29 is 9.18 Å². The zero-order chi connectivity index (χ0) is 9.84. The highest BCUT2D eigenvalue weighted by Gasteiger charge is 2.05. The van der Waals surface area contributed by atoms with Crippen LogP contribution in [0, 0.1) is 24.1 Å². The average molecular weight is 177 g/mol. The standard InChI is InChI=1S/C10H8FNO/c1-7-4-8(2-3-13)10(11)5-9(7)6-12/h3-5H,2H2,1H3. The number of aryl methyl sites for hydroxylation is 1. The van der Waals surface area contributed by atoms with E-state index in [-0.39, 0.29) is 6.42 Å². The van der Waals surface area contributed by atoms with Gasteiger partial charge in [-0.15, -0.1) is 0 Å². The van der Waals surface area contributed by atoms with Gasteiger partial charge in [-0.05, 0) is 24.1 Å². The van der Waals surface area contributed by atoms with Crippen LogP contribution >= 0.6 is 0 Å². The molecule has 0 saturated carbocycles. The van der Waals surface area contributed by atoms with Gasteiger partial charge in [0.05, 0.1) is 11.6 Å². The summed E-state index contributed by atoms with van der Waals surface area (Å²) in [5.41, 5.74) is 1.35. The van der Waals surface area contributed by atoms with Crippen LogP contribution in [0.4, 0.5) is 4.39 Å². The number of nitriles is 1. The van der Waals surface area contributed by atoms with E-state index in [1.807, 2.05) is 6.07 Å². The molecule has 0 aliphatic carbocycles. The molecule has 0 aliphatic rings. The van der Waals surface area contributed by atoms with Crippen molar-refractivity contribution in [2.24, 2.45) is 0 Å². The van der Waals surface area contributed by atoms with Crippen LogP contribution in [0.5, 0.6) is 0 Å². The number of halogens is 1. The van der Waals surface area contributed by atoms with Gasteiger partial charge in [0, 0.05) is 6.42 Å². The van der Waals surface area contributed by atoms with Gasteiger partial charge in [0.15, 0.2) is 0 Å². The third-order valence-corrected chi connectivity index (χ3v) is 1.82. The molecular formula is C10H8FNO. The van der Waals surface area contributed by atoms with E-state index in [2.05, 4.69) is 0 Å². The fourth-order valence-electron chi connectivity index (χ4n) is 1.11. The number of rotatable bonds is 2. The molecule has 1 aromatic carbocycles. The van der Waals surface area contributed by atoms with E-state index in [0.29, 0.717) is 23.0 Å². The van der Waals surface area contributed by atoms with Gasteiger partial charge >= 0.3 is 0 Å². The van der Waals surface area contributed by atoms with E-state index in [1.165, 1.54) is 6.07 Å².